The Morgan fingerprint density at radius 3 is 2.29 bits per heavy atom. The summed E-state index contributed by atoms with van der Waals surface area (Å²) < 4.78 is 32.1. The van der Waals surface area contributed by atoms with Crippen LogP contribution >= 0.6 is 15.9 Å². The fraction of sp³-hybridized carbons (Fsp3) is 0.650. The molecule has 0 unspecified atom stereocenters. The summed E-state index contributed by atoms with van der Waals surface area (Å²) in [6, 6.07) is 8.00. The van der Waals surface area contributed by atoms with Crippen molar-refractivity contribution in [1.29, 1.82) is 0 Å². The third-order valence-corrected chi connectivity index (χ3v) is 7.99. The molecule has 0 N–H and O–H groups in total. The number of hydrogen-bond acceptors (Lipinski definition) is 4. The Morgan fingerprint density at radius 2 is 1.79 bits per heavy atom. The van der Waals surface area contributed by atoms with Gasteiger partial charge in [0.05, 0.1) is 11.7 Å². The van der Waals surface area contributed by atoms with Crippen molar-refractivity contribution in [2.75, 3.05) is 39.1 Å². The highest BCUT2D eigenvalue weighted by Crippen LogP contribution is 2.38. The van der Waals surface area contributed by atoms with Crippen molar-refractivity contribution in [2.45, 2.75) is 44.1 Å². The summed E-state index contributed by atoms with van der Waals surface area (Å²) in [7, 11) is -3.22. The second kappa shape index (κ2) is 8.81. The molecule has 0 aliphatic carbocycles. The van der Waals surface area contributed by atoms with Gasteiger partial charge in [0.1, 0.15) is 0 Å². The maximum atomic E-state index is 13.6. The van der Waals surface area contributed by atoms with Crippen molar-refractivity contribution in [3.63, 3.8) is 0 Å². The van der Waals surface area contributed by atoms with E-state index in [4.69, 9.17) is 4.74 Å². The highest BCUT2D eigenvalue weighted by molar-refractivity contribution is 9.10. The second-order valence-corrected chi connectivity index (χ2v) is 10.5. The van der Waals surface area contributed by atoms with Crippen LogP contribution in [0, 0.1) is 0 Å². The first-order valence-electron chi connectivity index (χ1n) is 9.88. The molecule has 6 nitrogen and oxygen atoms in total. The van der Waals surface area contributed by atoms with Gasteiger partial charge < -0.3 is 9.64 Å². The van der Waals surface area contributed by atoms with Gasteiger partial charge in [0.15, 0.2) is 0 Å². The smallest absolute Gasteiger partial charge is 0.233 e. The van der Waals surface area contributed by atoms with Crippen LogP contribution < -0.4 is 0 Å². The third-order valence-electron chi connectivity index (χ3n) is 6.05. The monoisotopic (exact) mass is 472 g/mol. The van der Waals surface area contributed by atoms with Crippen LogP contribution in [-0.2, 0) is 25.0 Å². The SMILES string of the molecule is CCN(C1CCN(C(=O)C2(c3ccc(Br)cc3)CCOCC2)CC1)S(C)(=O)=O. The topological polar surface area (TPSA) is 66.9 Å². The maximum absolute atomic E-state index is 13.6. The Bertz CT molecular complexity index is 783. The predicted octanol–water partition coefficient (Wildman–Crippen LogP) is 2.77. The van der Waals surface area contributed by atoms with E-state index in [-0.39, 0.29) is 11.9 Å². The Labute approximate surface area is 176 Å². The molecule has 8 heteroatoms. The fourth-order valence-electron chi connectivity index (χ4n) is 4.54. The van der Waals surface area contributed by atoms with Gasteiger partial charge in [-0.25, -0.2) is 8.42 Å². The average molecular weight is 473 g/mol. The Morgan fingerprint density at radius 1 is 1.21 bits per heavy atom. The van der Waals surface area contributed by atoms with Gasteiger partial charge in [-0.3, -0.25) is 4.79 Å². The minimum atomic E-state index is -3.22. The van der Waals surface area contributed by atoms with E-state index in [9.17, 15) is 13.2 Å². The number of ether oxygens (including phenoxy) is 1. The zero-order valence-corrected chi connectivity index (χ0v) is 19.0. The Balaban J connectivity index is 1.77. The molecule has 2 aliphatic rings. The average Bonchev–Trinajstić information content (AvgIpc) is 2.68. The van der Waals surface area contributed by atoms with Crippen LogP contribution in [-0.4, -0.2) is 68.7 Å². The molecule has 0 radical (unpaired) electrons. The van der Waals surface area contributed by atoms with E-state index in [2.05, 4.69) is 15.9 Å². The van der Waals surface area contributed by atoms with Gasteiger partial charge >= 0.3 is 0 Å². The standard InChI is InChI=1S/C20H29BrN2O4S/c1-3-23(28(2,25)26)18-8-12-22(13-9-18)19(24)20(10-14-27-15-11-20)16-4-6-17(21)7-5-16/h4-7,18H,3,8-15H2,1-2H3. The number of halogens is 1. The lowest BCUT2D eigenvalue weighted by Gasteiger charge is -2.43. The zero-order valence-electron chi connectivity index (χ0n) is 16.6. The number of rotatable bonds is 5. The van der Waals surface area contributed by atoms with Crippen molar-refractivity contribution in [3.8, 4) is 0 Å². The van der Waals surface area contributed by atoms with E-state index in [0.717, 1.165) is 10.0 Å². The molecule has 1 aromatic carbocycles. The molecule has 1 aromatic rings. The number of nitrogens with zero attached hydrogens (tertiary/aromatic N) is 2. The Kier molecular flexibility index (Phi) is 6.84. The molecule has 2 aliphatic heterocycles. The molecule has 1 amide bonds. The fourth-order valence-corrected chi connectivity index (χ4v) is 6.02. The number of likely N-dealkylation sites (tertiary alicyclic amines) is 1. The van der Waals surface area contributed by atoms with Gasteiger partial charge in [0.25, 0.3) is 0 Å². The number of hydrogen-bond donors (Lipinski definition) is 0. The van der Waals surface area contributed by atoms with E-state index in [1.807, 2.05) is 36.1 Å². The van der Waals surface area contributed by atoms with E-state index >= 15 is 0 Å². The summed E-state index contributed by atoms with van der Waals surface area (Å²) in [6.45, 7) is 4.68. The van der Waals surface area contributed by atoms with Gasteiger partial charge in [-0.2, -0.15) is 4.31 Å². The Hall–Kier alpha value is -0.960. The molecular formula is C20H29BrN2O4S. The molecule has 2 saturated heterocycles. The zero-order chi connectivity index (χ0) is 20.4. The van der Waals surface area contributed by atoms with Crippen LogP contribution in [0.1, 0.15) is 38.2 Å². The molecule has 2 heterocycles. The molecule has 0 saturated carbocycles. The van der Waals surface area contributed by atoms with Crippen molar-refractivity contribution in [1.82, 2.24) is 9.21 Å². The highest BCUT2D eigenvalue weighted by atomic mass is 79.9. The lowest BCUT2D eigenvalue weighted by Crippen LogP contribution is -2.54. The van der Waals surface area contributed by atoms with E-state index < -0.39 is 15.4 Å². The van der Waals surface area contributed by atoms with E-state index in [1.54, 1.807) is 4.31 Å². The maximum Gasteiger partial charge on any atom is 0.233 e. The number of carbonyl (C=O) groups excluding carboxylic acids is 1. The molecule has 156 valence electrons. The number of benzene rings is 1. The van der Waals surface area contributed by atoms with Crippen molar-refractivity contribution in [3.05, 3.63) is 34.3 Å². The van der Waals surface area contributed by atoms with Gasteiger partial charge in [-0.05, 0) is 43.4 Å². The van der Waals surface area contributed by atoms with E-state index in [0.29, 0.717) is 58.5 Å². The summed E-state index contributed by atoms with van der Waals surface area (Å²) in [6.07, 6.45) is 3.98. The molecule has 0 spiro atoms. The van der Waals surface area contributed by atoms with E-state index in [1.165, 1.54) is 6.26 Å². The quantitative estimate of drug-likeness (QED) is 0.660. The van der Waals surface area contributed by atoms with Crippen molar-refractivity contribution in [2.24, 2.45) is 0 Å². The normalized spacial score (nSPS) is 21.1. The van der Waals surface area contributed by atoms with Crippen LogP contribution in [0.2, 0.25) is 0 Å². The first kappa shape index (κ1) is 21.7. The van der Waals surface area contributed by atoms with Crippen LogP contribution in [0.5, 0.6) is 0 Å². The van der Waals surface area contributed by atoms with Gasteiger partial charge in [0, 0.05) is 43.4 Å². The minimum Gasteiger partial charge on any atom is -0.381 e. The van der Waals surface area contributed by atoms with Gasteiger partial charge in [-0.15, -0.1) is 0 Å². The molecule has 0 atom stereocenters. The minimum absolute atomic E-state index is 0.0256. The summed E-state index contributed by atoms with van der Waals surface area (Å²) in [5.41, 5.74) is 0.491. The molecular weight excluding hydrogens is 444 g/mol. The first-order chi connectivity index (χ1) is 13.3. The predicted molar refractivity (Wildman–Crippen MR) is 113 cm³/mol. The van der Waals surface area contributed by atoms with Crippen molar-refractivity contribution >= 4 is 31.9 Å². The lowest BCUT2D eigenvalue weighted by atomic mass is 9.72. The van der Waals surface area contributed by atoms with Crippen LogP contribution in [0.15, 0.2) is 28.7 Å². The number of sulfonamides is 1. The summed E-state index contributed by atoms with van der Waals surface area (Å²) in [4.78, 5) is 15.6. The summed E-state index contributed by atoms with van der Waals surface area (Å²) >= 11 is 3.47. The highest BCUT2D eigenvalue weighted by Gasteiger charge is 2.45. The molecule has 28 heavy (non-hydrogen) atoms. The summed E-state index contributed by atoms with van der Waals surface area (Å²) in [5.74, 6) is 0.152. The largest absolute Gasteiger partial charge is 0.381 e. The molecule has 0 bridgehead atoms. The summed E-state index contributed by atoms with van der Waals surface area (Å²) in [5, 5.41) is 0. The van der Waals surface area contributed by atoms with Crippen molar-refractivity contribution < 1.29 is 17.9 Å². The molecule has 3 rings (SSSR count). The molecule has 0 aromatic heterocycles. The number of amides is 1. The van der Waals surface area contributed by atoms with Gasteiger partial charge in [-0.1, -0.05) is 35.0 Å². The number of piperidine rings is 1. The lowest BCUT2D eigenvalue weighted by molar-refractivity contribution is -0.142. The van der Waals surface area contributed by atoms with Gasteiger partial charge in [0.2, 0.25) is 15.9 Å². The van der Waals surface area contributed by atoms with Crippen LogP contribution in [0.3, 0.4) is 0 Å². The number of carbonyl (C=O) groups is 1. The second-order valence-electron chi connectivity index (χ2n) is 7.69. The van der Waals surface area contributed by atoms with Crippen LogP contribution in [0.4, 0.5) is 0 Å². The molecule has 2 fully saturated rings. The van der Waals surface area contributed by atoms with Crippen LogP contribution in [0.25, 0.3) is 0 Å². The first-order valence-corrected chi connectivity index (χ1v) is 12.5. The third kappa shape index (κ3) is 4.45.